The number of benzene rings is 4. The maximum Gasteiger partial charge on any atom is 0.413 e. The van der Waals surface area contributed by atoms with Crippen LogP contribution in [-0.2, 0) is 14.3 Å². The number of amides is 1. The van der Waals surface area contributed by atoms with Crippen LogP contribution in [0.15, 0.2) is 224 Å². The number of aliphatic imine (C=N–C) groups is 2. The number of carboxylic acid groups (broad SMARTS) is 1. The minimum absolute atomic E-state index is 0.00815. The number of hydrogen-bond donors (Lipinski definition) is 3. The Kier molecular flexibility index (Phi) is 21.1. The number of aliphatic carboxylic acids is 1. The standard InChI is InChI=1S/C30H26ClFN8O3.C25H18ClFN8O.C18H13Cl2N5O2.C17H12ClN5O3/c1-30(2,3)43-29(42)36-25-7-5-18(28(32)35-25)22-8-16(13-33-22)27-21-12-20(21)24-9-15(10-26(41)40(24)27)19-11-17(31)4-6-23(19)39-14-34-37-38-39;26-14-1-3-20(34-11-30-32-33-34)16(8-14)12-6-21-17-9-18(17)24(35(21)23(36)7-12)13-5-19(29-10-13)15-2-4-22(28)31-25(15)27;19-7-16(26)18-13-6-12(13)15-3-9(4-17(27)25(15)18)11-5-10(20)1-2-14(11)24-8-21-22-23-24;18-9-1-2-13(22-7-19-20-21-22)10(5-9)8-3-14-11-6-12(11)16(17(25)26)23(14)15(24)4-8/h4-7,9-11,13-14,20-21,27H,8,12H2,1-3H3,(H,35,36,42);1-4,6-8,10-11,17-18,24H,5,9H2,(H2,28,31);1-5,8,12-13,18H,6-7H2;1-5,7,11-12,16H,6H2,(H,25,26)/t20-,21+,27-;17-,18+,24-;12-,13+,18+;11-,12+,16+/m1111/s1. The van der Waals surface area contributed by atoms with E-state index in [9.17, 15) is 43.1 Å². The van der Waals surface area contributed by atoms with Crippen LogP contribution < -0.4 is 33.3 Å². The number of pyridine rings is 6. The second-order valence-electron chi connectivity index (χ2n) is 34.6. The molecule has 0 radical (unpaired) electrons. The van der Waals surface area contributed by atoms with E-state index in [1.165, 1.54) is 62.1 Å². The number of nitrogens with zero attached hydrogens (tertiary/aromatic N) is 24. The number of ether oxygens (including phenoxy) is 1. The van der Waals surface area contributed by atoms with Crippen molar-refractivity contribution in [2.45, 2.75) is 113 Å². The van der Waals surface area contributed by atoms with Crippen molar-refractivity contribution in [1.82, 2.24) is 109 Å². The fourth-order valence-electron chi connectivity index (χ4n) is 19.6. The first-order chi connectivity index (χ1) is 63.6. The molecule has 4 aromatic carbocycles. The molecule has 1 amide bonds. The summed E-state index contributed by atoms with van der Waals surface area (Å²) >= 11 is 30.8. The molecule has 24 rings (SSSR count). The number of anilines is 2. The van der Waals surface area contributed by atoms with Gasteiger partial charge in [-0.2, -0.15) is 27.5 Å². The highest BCUT2D eigenvalue weighted by atomic mass is 35.5. The molecule has 0 bridgehead atoms. The van der Waals surface area contributed by atoms with Crippen LogP contribution in [0.1, 0.15) is 141 Å². The first-order valence-electron chi connectivity index (χ1n) is 41.8. The van der Waals surface area contributed by atoms with Crippen LogP contribution >= 0.6 is 58.0 Å². The molecule has 10 aromatic heterocycles. The molecule has 4 fully saturated rings. The minimum atomic E-state index is -0.955. The van der Waals surface area contributed by atoms with Crippen LogP contribution in [0.5, 0.6) is 0 Å². The van der Waals surface area contributed by atoms with Crippen molar-refractivity contribution >= 4 is 98.9 Å². The number of carbonyl (C=O) groups is 3. The van der Waals surface area contributed by atoms with E-state index in [0.717, 1.165) is 98.7 Å². The molecule has 42 heteroatoms. The Bertz CT molecular complexity index is 7560. The zero-order valence-electron chi connectivity index (χ0n) is 69.4. The monoisotopic (exact) mass is 1870 g/mol. The van der Waals surface area contributed by atoms with Gasteiger partial charge in [0.25, 0.3) is 22.2 Å². The van der Waals surface area contributed by atoms with Gasteiger partial charge in [0.1, 0.15) is 48.6 Å². The summed E-state index contributed by atoms with van der Waals surface area (Å²) in [5.41, 5.74) is 20.1. The molecule has 132 heavy (non-hydrogen) atoms. The molecule has 0 spiro atoms. The number of allylic oxidation sites excluding steroid dienone is 2. The molecular weight excluding hydrogens is 1800 g/mol. The molecule has 12 atom stereocenters. The van der Waals surface area contributed by atoms with Crippen LogP contribution in [-0.4, -0.2) is 155 Å². The van der Waals surface area contributed by atoms with Gasteiger partial charge in [-0.3, -0.25) is 43.8 Å². The Morgan fingerprint density at radius 3 is 1.16 bits per heavy atom. The number of hydrogen-bond acceptors (Lipinski definition) is 25. The van der Waals surface area contributed by atoms with Gasteiger partial charge in [-0.05, 0) is 267 Å². The summed E-state index contributed by atoms with van der Waals surface area (Å²) in [4.78, 5) is 105. The molecule has 10 aliphatic rings. The molecule has 0 saturated heterocycles. The van der Waals surface area contributed by atoms with Crippen molar-refractivity contribution in [2.24, 2.45) is 33.7 Å². The summed E-state index contributed by atoms with van der Waals surface area (Å²) in [6, 6.07) is 40.3. The predicted molar refractivity (Wildman–Crippen MR) is 479 cm³/mol. The highest BCUT2D eigenvalue weighted by Gasteiger charge is 2.58. The Labute approximate surface area is 768 Å². The van der Waals surface area contributed by atoms with Crippen molar-refractivity contribution in [1.29, 1.82) is 0 Å². The smallest absolute Gasteiger partial charge is 0.413 e. The third-order valence-electron chi connectivity index (χ3n) is 25.4. The molecule has 35 nitrogen and oxygen atoms in total. The Morgan fingerprint density at radius 1 is 0.455 bits per heavy atom. The zero-order chi connectivity index (χ0) is 91.3. The van der Waals surface area contributed by atoms with Crippen molar-refractivity contribution in [2.75, 3.05) is 16.9 Å². The van der Waals surface area contributed by atoms with Gasteiger partial charge >= 0.3 is 12.1 Å². The third kappa shape index (κ3) is 15.5. The maximum atomic E-state index is 15.1. The summed E-state index contributed by atoms with van der Waals surface area (Å²) in [6.45, 7) is 5.21. The summed E-state index contributed by atoms with van der Waals surface area (Å²) in [5, 5.41) is 59.5. The first kappa shape index (κ1) is 84.4. The second-order valence-corrected chi connectivity index (χ2v) is 36.6. The van der Waals surface area contributed by atoms with E-state index < -0.39 is 41.6 Å². The average Bonchev–Trinajstić information content (AvgIpc) is 1.55. The first-order valence-corrected chi connectivity index (χ1v) is 43.8. The van der Waals surface area contributed by atoms with E-state index >= 15 is 4.39 Å². The van der Waals surface area contributed by atoms with E-state index in [2.05, 4.69) is 93.4 Å². The number of nitrogen functional groups attached to an aromatic ring is 1. The second kappa shape index (κ2) is 32.9. The number of aromatic nitrogens is 22. The van der Waals surface area contributed by atoms with Crippen molar-refractivity contribution in [3.63, 3.8) is 0 Å². The number of ketones is 1. The quantitative estimate of drug-likeness (QED) is 0.0597. The number of halogens is 7. The number of nitrogens with one attached hydrogen (secondary N) is 1. The topological polar surface area (TPSA) is 432 Å². The van der Waals surface area contributed by atoms with Crippen LogP contribution in [0.2, 0.25) is 20.1 Å². The van der Waals surface area contributed by atoms with Gasteiger partial charge in [0, 0.05) is 138 Å². The fourth-order valence-corrected chi connectivity index (χ4v) is 20.4. The lowest BCUT2D eigenvalue weighted by atomic mass is 9.97. The van der Waals surface area contributed by atoms with Crippen LogP contribution in [0.3, 0.4) is 0 Å². The van der Waals surface area contributed by atoms with Gasteiger partial charge in [-0.1, -0.05) is 46.4 Å². The van der Waals surface area contributed by atoms with Gasteiger partial charge in [-0.15, -0.1) is 32.0 Å². The lowest BCUT2D eigenvalue weighted by Gasteiger charge is -2.20. The molecule has 4 N–H and O–H groups in total. The number of rotatable bonds is 16. The number of Topliss-reactive ketones (excluding diaryl/α,β-unsaturated/α-hetero) is 1. The van der Waals surface area contributed by atoms with E-state index in [4.69, 9.17) is 68.5 Å². The van der Waals surface area contributed by atoms with Crippen molar-refractivity contribution < 1.29 is 33.0 Å². The van der Waals surface area contributed by atoms with Gasteiger partial charge in [0.05, 0.1) is 69.3 Å². The zero-order valence-corrected chi connectivity index (χ0v) is 73.1. The van der Waals surface area contributed by atoms with Crippen LogP contribution in [0.25, 0.3) is 67.3 Å². The number of carbonyl (C=O) groups excluding carboxylic acids is 2. The summed E-state index contributed by atoms with van der Waals surface area (Å²) in [6.07, 6.45) is 13.2. The molecule has 4 saturated carbocycles. The van der Waals surface area contributed by atoms with Gasteiger partial charge in [-0.25, -0.2) is 19.6 Å². The molecule has 0 unspecified atom stereocenters. The number of alkyl halides is 1. The number of tetrazole rings is 4. The van der Waals surface area contributed by atoms with Gasteiger partial charge < -0.3 is 29.3 Å². The van der Waals surface area contributed by atoms with E-state index in [1.807, 2.05) is 45.5 Å². The highest BCUT2D eigenvalue weighted by Crippen LogP contribution is 2.65. The third-order valence-corrected chi connectivity index (χ3v) is 26.6. The van der Waals surface area contributed by atoms with E-state index in [0.29, 0.717) is 84.0 Å². The largest absolute Gasteiger partial charge is 0.480 e. The van der Waals surface area contributed by atoms with Crippen molar-refractivity contribution in [3.8, 4) is 67.3 Å². The summed E-state index contributed by atoms with van der Waals surface area (Å²) in [5.74, 6) is -0.702. The van der Waals surface area contributed by atoms with Crippen LogP contribution in [0.4, 0.5) is 25.2 Å². The Balaban J connectivity index is 0.000000108. The highest BCUT2D eigenvalue weighted by molar-refractivity contribution is 6.32. The maximum absolute atomic E-state index is 15.1. The van der Waals surface area contributed by atoms with E-state index in [1.54, 1.807) is 127 Å². The average molecular weight is 1870 g/mol. The normalized spacial score (nSPS) is 21.6. The fraction of sp³-hybridized carbons (Fsp3) is 0.256. The molecular formula is C90H69Cl5F2N26O9. The van der Waals surface area contributed by atoms with Gasteiger partial charge in [0.2, 0.25) is 11.9 Å². The van der Waals surface area contributed by atoms with Gasteiger partial charge in [0.15, 0.2) is 5.78 Å². The lowest BCUT2D eigenvalue weighted by Crippen LogP contribution is -2.30. The van der Waals surface area contributed by atoms with Crippen LogP contribution in [0, 0.1) is 35.6 Å². The summed E-state index contributed by atoms with van der Waals surface area (Å²) in [7, 11) is 0. The Hall–Kier alpha value is -14.4. The molecule has 4 aliphatic carbocycles. The Morgan fingerprint density at radius 2 is 0.803 bits per heavy atom. The number of carboxylic acids is 1. The molecule has 16 heterocycles. The number of nitrogens with two attached hydrogens (primary N) is 1. The van der Waals surface area contributed by atoms with Crippen molar-refractivity contribution in [3.05, 3.63) is 302 Å². The molecule has 662 valence electrons. The number of fused-ring (bicyclic) bond motifs is 12. The van der Waals surface area contributed by atoms with E-state index in [-0.39, 0.29) is 105 Å². The molecule has 6 aliphatic heterocycles. The molecule has 14 aromatic rings. The predicted octanol–water partition coefficient (Wildman–Crippen LogP) is 13.7. The SMILES string of the molecule is CC(C)(C)OC(=O)Nc1ccc(C2=NC=C([C@@H]3[C@H]4C[C@H]4c4cc(-c5cc(Cl)ccc5-n5cnnn5)cc(=O)n43)C2)c(F)n1.Nc1ccc(C2=NC=C([C@@H]3[C@H]4C[C@H]4c4cc(-c5cc(Cl)ccc5-n5cnnn5)cc(=O)n43)C2)c(F)n1.O=C(CCl)[C@@H]1[C@H]2C[C@H]2c2cc(-c3cc(Cl)ccc3-n3cnnn3)cc(=O)n21.O=C(O)[C@@H]1[C@H]2C[C@H]2c2cc(-c3cc(Cl)ccc3-n3cnnn3)cc(=O)n21. The lowest BCUT2D eigenvalue weighted by molar-refractivity contribution is -0.141. The summed E-state index contributed by atoms with van der Waals surface area (Å²) < 4.78 is 47.5. The minimum Gasteiger partial charge on any atom is -0.480 e.